The summed E-state index contributed by atoms with van der Waals surface area (Å²) in [6.07, 6.45) is 3.37. The van der Waals surface area contributed by atoms with Gasteiger partial charge in [0.15, 0.2) is 10.6 Å². The van der Waals surface area contributed by atoms with E-state index in [2.05, 4.69) is 9.38 Å². The first-order valence-corrected chi connectivity index (χ1v) is 7.25. The van der Waals surface area contributed by atoms with Gasteiger partial charge in [-0.15, -0.1) is 0 Å². The van der Waals surface area contributed by atoms with Gasteiger partial charge in [-0.25, -0.2) is 4.79 Å². The number of H-pyrrole nitrogens is 1. The summed E-state index contributed by atoms with van der Waals surface area (Å²) in [7, 11) is -4.16. The summed E-state index contributed by atoms with van der Waals surface area (Å²) in [5.74, 6) is -1.20. The molecule has 0 radical (unpaired) electrons. The van der Waals surface area contributed by atoms with Gasteiger partial charge in [0, 0.05) is 12.4 Å². The van der Waals surface area contributed by atoms with Crippen LogP contribution in [0, 0.1) is 0 Å². The highest BCUT2D eigenvalue weighted by molar-refractivity contribution is 7.90. The number of aromatic nitrogens is 2. The van der Waals surface area contributed by atoms with Crippen molar-refractivity contribution < 1.29 is 22.7 Å². The Morgan fingerprint density at radius 2 is 2.05 bits per heavy atom. The van der Waals surface area contributed by atoms with Gasteiger partial charge in [0.2, 0.25) is 0 Å². The van der Waals surface area contributed by atoms with Crippen LogP contribution in [-0.2, 0) is 10.0 Å². The van der Waals surface area contributed by atoms with Crippen LogP contribution in [0.4, 0.5) is 4.79 Å². The van der Waals surface area contributed by atoms with Crippen molar-refractivity contribution in [2.75, 3.05) is 0 Å². The molecule has 0 spiro atoms. The number of nitrogens with two attached hydrogens (primary N) is 2. The zero-order valence-electron chi connectivity index (χ0n) is 10.8. The molecule has 1 aliphatic rings. The maximum absolute atomic E-state index is 12.3. The van der Waals surface area contributed by atoms with Crippen LogP contribution in [0.1, 0.15) is 10.5 Å². The van der Waals surface area contributed by atoms with Gasteiger partial charge in [-0.2, -0.15) is 12.8 Å². The van der Waals surface area contributed by atoms with Crippen LogP contribution in [-0.4, -0.2) is 29.9 Å². The van der Waals surface area contributed by atoms with Gasteiger partial charge in [0.25, 0.3) is 15.9 Å². The summed E-state index contributed by atoms with van der Waals surface area (Å²) < 4.78 is 34.3. The van der Waals surface area contributed by atoms with Crippen molar-refractivity contribution in [3.8, 4) is 5.75 Å². The quantitative estimate of drug-likeness (QED) is 0.551. The predicted octanol–water partition coefficient (Wildman–Crippen LogP) is -2.02. The number of hydrogen-bond donors (Lipinski definition) is 3. The Hall–Kier alpha value is -3.08. The van der Waals surface area contributed by atoms with Gasteiger partial charge in [-0.3, -0.25) is 9.36 Å². The average Bonchev–Trinajstić information content (AvgIpc) is 2.98. The average molecular weight is 323 g/mol. The van der Waals surface area contributed by atoms with Gasteiger partial charge in [0.05, 0.1) is 0 Å². The maximum Gasteiger partial charge on any atom is 0.323 e. The van der Waals surface area contributed by atoms with Crippen LogP contribution in [0.25, 0.3) is 6.26 Å². The largest absolute Gasteiger partial charge is 0.459 e. The second-order valence-electron chi connectivity index (χ2n) is 4.32. The lowest BCUT2D eigenvalue weighted by atomic mass is 10.4. The number of amides is 2. The molecule has 11 heteroatoms. The van der Waals surface area contributed by atoms with Gasteiger partial charge in [0.1, 0.15) is 22.7 Å². The number of ether oxygens (including phenoxy) is 1. The maximum atomic E-state index is 12.3. The van der Waals surface area contributed by atoms with Crippen molar-refractivity contribution in [2.45, 2.75) is 4.90 Å². The van der Waals surface area contributed by atoms with Crippen molar-refractivity contribution in [3.05, 3.63) is 34.9 Å². The Bertz CT molecular complexity index is 1030. The Labute approximate surface area is 122 Å². The second-order valence-corrected chi connectivity index (χ2v) is 5.89. The third kappa shape index (κ3) is 1.95. The number of carbonyl (C=O) groups excluding carboxylic acids is 2. The fraction of sp³-hybridized carbons (Fsp3) is 0. The molecule has 3 rings (SSSR count). The predicted molar refractivity (Wildman–Crippen MR) is 71.8 cm³/mol. The molecule has 3 heterocycles. The molecule has 0 fully saturated rings. The molecule has 0 aromatic carbocycles. The van der Waals surface area contributed by atoms with E-state index < -0.39 is 22.0 Å². The molecule has 22 heavy (non-hydrogen) atoms. The number of primary amides is 2. The highest BCUT2D eigenvalue weighted by Crippen LogP contribution is 2.29. The molecule has 5 N–H and O–H groups in total. The molecular formula is C11H9N5O5S. The van der Waals surface area contributed by atoms with E-state index in [1.165, 1.54) is 12.3 Å². The second kappa shape index (κ2) is 4.46. The first-order valence-electron chi connectivity index (χ1n) is 5.81. The van der Waals surface area contributed by atoms with E-state index in [0.717, 1.165) is 17.0 Å². The van der Waals surface area contributed by atoms with E-state index >= 15 is 0 Å². The Kier molecular flexibility index (Phi) is 2.81. The van der Waals surface area contributed by atoms with E-state index in [4.69, 9.17) is 16.2 Å². The highest BCUT2D eigenvalue weighted by atomic mass is 32.2. The van der Waals surface area contributed by atoms with Crippen LogP contribution in [0.15, 0.2) is 27.8 Å². The molecule has 0 saturated heterocycles. The molecule has 0 unspecified atom stereocenters. The molecule has 1 aliphatic heterocycles. The summed E-state index contributed by atoms with van der Waals surface area (Å²) in [4.78, 5) is 24.7. The van der Waals surface area contributed by atoms with Gasteiger partial charge in [-0.1, -0.05) is 0 Å². The molecule has 10 nitrogen and oxygen atoms in total. The number of fused-ring (bicyclic) bond motifs is 2. The summed E-state index contributed by atoms with van der Waals surface area (Å²) in [6.45, 7) is 0. The van der Waals surface area contributed by atoms with E-state index in [0.29, 0.717) is 0 Å². The first kappa shape index (κ1) is 13.9. The lowest BCUT2D eigenvalue weighted by molar-refractivity contribution is 0.0994. The van der Waals surface area contributed by atoms with Crippen LogP contribution in [0.5, 0.6) is 5.75 Å². The smallest absolute Gasteiger partial charge is 0.323 e. The van der Waals surface area contributed by atoms with Crippen molar-refractivity contribution in [1.82, 2.24) is 9.55 Å². The molecule has 114 valence electrons. The van der Waals surface area contributed by atoms with E-state index in [9.17, 15) is 18.0 Å². The van der Waals surface area contributed by atoms with Crippen molar-refractivity contribution in [2.24, 2.45) is 15.9 Å². The van der Waals surface area contributed by atoms with Crippen molar-refractivity contribution in [3.63, 3.8) is 0 Å². The number of nitrogens with zero attached hydrogens (tertiary/aromatic N) is 2. The molecule has 0 saturated carbocycles. The molecule has 2 aromatic rings. The van der Waals surface area contributed by atoms with E-state index in [-0.39, 0.29) is 27.0 Å². The Morgan fingerprint density at radius 3 is 2.68 bits per heavy atom. The minimum atomic E-state index is -4.16. The molecule has 0 atom stereocenters. The third-order valence-electron chi connectivity index (χ3n) is 2.97. The van der Waals surface area contributed by atoms with Crippen LogP contribution < -0.4 is 26.9 Å². The standard InChI is InChI=1S/C11H9N5O5S/c12-10(17)8-9-7(3-14-8)22(19,20)15-5-1-2-16(11(13)18)6(5)4-21-9/h1-4,14H,(H2,12,17)(H2,13,18). The van der Waals surface area contributed by atoms with E-state index in [1.807, 2.05) is 0 Å². The molecule has 0 aliphatic carbocycles. The Morgan fingerprint density at radius 1 is 1.32 bits per heavy atom. The van der Waals surface area contributed by atoms with Gasteiger partial charge in [-0.05, 0) is 6.07 Å². The molecular weight excluding hydrogens is 314 g/mol. The zero-order valence-corrected chi connectivity index (χ0v) is 11.6. The van der Waals surface area contributed by atoms with Crippen molar-refractivity contribution in [1.29, 1.82) is 0 Å². The molecule has 0 bridgehead atoms. The number of sulfonamides is 1. The lowest BCUT2D eigenvalue weighted by Gasteiger charge is -2.06. The Balaban J connectivity index is 2.37. The SMILES string of the molecule is NC(=O)c1[nH]cc2c1OC=c1c(ccn1C(N)=O)=NS2(=O)=O. The minimum Gasteiger partial charge on any atom is -0.459 e. The number of rotatable bonds is 1. The van der Waals surface area contributed by atoms with Crippen molar-refractivity contribution >= 4 is 28.2 Å². The van der Waals surface area contributed by atoms with Gasteiger partial charge < -0.3 is 21.2 Å². The van der Waals surface area contributed by atoms with Crippen LogP contribution in [0.3, 0.4) is 0 Å². The lowest BCUT2D eigenvalue weighted by Crippen LogP contribution is -2.37. The monoisotopic (exact) mass is 323 g/mol. The number of aromatic amines is 1. The fourth-order valence-corrected chi connectivity index (χ4v) is 3.10. The minimum absolute atomic E-state index is 0.0220. The number of nitrogens with one attached hydrogen (secondary N) is 1. The van der Waals surface area contributed by atoms with Crippen LogP contribution in [0.2, 0.25) is 0 Å². The van der Waals surface area contributed by atoms with Crippen LogP contribution >= 0.6 is 0 Å². The third-order valence-corrected chi connectivity index (χ3v) is 4.27. The number of carbonyl (C=O) groups is 2. The topological polar surface area (TPSA) is 163 Å². The summed E-state index contributed by atoms with van der Waals surface area (Å²) in [5.41, 5.74) is 10.1. The fourth-order valence-electron chi connectivity index (χ4n) is 2.00. The highest BCUT2D eigenvalue weighted by Gasteiger charge is 2.27. The molecule has 2 amide bonds. The summed E-state index contributed by atoms with van der Waals surface area (Å²) >= 11 is 0. The molecule has 2 aromatic heterocycles. The number of hydrogen-bond acceptors (Lipinski definition) is 5. The zero-order chi connectivity index (χ0) is 16.1. The summed E-state index contributed by atoms with van der Waals surface area (Å²) in [5, 5.41) is 0.00428. The van der Waals surface area contributed by atoms with E-state index in [1.54, 1.807) is 0 Å². The normalized spacial score (nSPS) is 15.1. The van der Waals surface area contributed by atoms with Gasteiger partial charge >= 0.3 is 6.03 Å². The summed E-state index contributed by atoms with van der Waals surface area (Å²) in [6, 6.07) is 0.447. The first-order chi connectivity index (χ1) is 10.3.